The lowest BCUT2D eigenvalue weighted by atomic mass is 10.1. The highest BCUT2D eigenvalue weighted by molar-refractivity contribution is 7.17. The Balaban J connectivity index is 1.02. The first-order valence-electron chi connectivity index (χ1n) is 14.0. The van der Waals surface area contributed by atoms with Crippen molar-refractivity contribution in [3.63, 3.8) is 0 Å². The fraction of sp³-hybridized carbons (Fsp3) is 0.357. The predicted octanol–water partition coefficient (Wildman–Crippen LogP) is 1.95. The number of halogens is 1. The molecule has 1 aromatic carbocycles. The monoisotopic (exact) mass is 591 g/mol. The van der Waals surface area contributed by atoms with Crippen molar-refractivity contribution < 1.29 is 13.6 Å². The molecule has 7 rings (SSSR count). The van der Waals surface area contributed by atoms with E-state index in [1.807, 2.05) is 17.0 Å². The van der Waals surface area contributed by atoms with Gasteiger partial charge in [0.05, 0.1) is 17.5 Å². The maximum atomic E-state index is 15.1. The molecule has 0 atom stereocenters. The molecule has 42 heavy (non-hydrogen) atoms. The first kappa shape index (κ1) is 26.6. The number of hydrogen-bond donors (Lipinski definition) is 2. The molecule has 2 saturated heterocycles. The zero-order valence-corrected chi connectivity index (χ0v) is 23.6. The number of thiazole rings is 1. The van der Waals surface area contributed by atoms with Crippen LogP contribution in [0, 0.1) is 5.82 Å². The van der Waals surface area contributed by atoms with Crippen molar-refractivity contribution >= 4 is 44.7 Å². The molecule has 3 N–H and O–H groups in total. The van der Waals surface area contributed by atoms with Gasteiger partial charge in [0, 0.05) is 71.0 Å². The van der Waals surface area contributed by atoms with Gasteiger partial charge in [0.1, 0.15) is 16.2 Å². The number of hydrogen-bond acceptors (Lipinski definition) is 10. The van der Waals surface area contributed by atoms with E-state index in [1.165, 1.54) is 10.6 Å². The van der Waals surface area contributed by atoms with Crippen molar-refractivity contribution in [1.82, 2.24) is 34.3 Å². The van der Waals surface area contributed by atoms with Crippen molar-refractivity contribution in [2.75, 3.05) is 69.5 Å². The van der Waals surface area contributed by atoms with Crippen molar-refractivity contribution in [3.05, 3.63) is 63.7 Å². The Labute approximate surface area is 243 Å². The lowest BCUT2D eigenvalue weighted by molar-refractivity contribution is 0.0735. The highest BCUT2D eigenvalue weighted by atomic mass is 32.1. The second-order valence-electron chi connectivity index (χ2n) is 10.5. The van der Waals surface area contributed by atoms with Crippen LogP contribution >= 0.6 is 11.3 Å². The van der Waals surface area contributed by atoms with Gasteiger partial charge >= 0.3 is 4.87 Å². The van der Waals surface area contributed by atoms with Crippen LogP contribution in [0.4, 0.5) is 16.0 Å². The molecule has 1 amide bonds. The summed E-state index contributed by atoms with van der Waals surface area (Å²) in [6, 6.07) is 10.2. The molecular formula is C28H30FN9O3S. The van der Waals surface area contributed by atoms with E-state index in [-0.39, 0.29) is 22.5 Å². The van der Waals surface area contributed by atoms with Crippen molar-refractivity contribution in [2.45, 2.75) is 6.54 Å². The van der Waals surface area contributed by atoms with E-state index >= 15 is 4.39 Å². The van der Waals surface area contributed by atoms with Gasteiger partial charge in [0.25, 0.3) is 5.91 Å². The number of fused-ring (bicyclic) bond motifs is 3. The normalized spacial score (nSPS) is 16.6. The number of amides is 1. The van der Waals surface area contributed by atoms with Crippen molar-refractivity contribution in [2.24, 2.45) is 0 Å². The van der Waals surface area contributed by atoms with E-state index in [0.29, 0.717) is 86.2 Å². The number of nitrogens with one attached hydrogen (secondary N) is 1. The molecule has 2 aliphatic rings. The van der Waals surface area contributed by atoms with Crippen molar-refractivity contribution in [3.8, 4) is 11.5 Å². The summed E-state index contributed by atoms with van der Waals surface area (Å²) in [7, 11) is 0. The van der Waals surface area contributed by atoms with Crippen LogP contribution in [-0.2, 0) is 6.54 Å². The number of furan rings is 1. The minimum atomic E-state index is -0.384. The van der Waals surface area contributed by atoms with Crippen LogP contribution in [-0.4, -0.2) is 93.8 Å². The third kappa shape index (κ3) is 4.80. The fourth-order valence-electron chi connectivity index (χ4n) is 5.69. The minimum absolute atomic E-state index is 0.109. The van der Waals surface area contributed by atoms with Gasteiger partial charge in [-0.15, -0.1) is 0 Å². The summed E-state index contributed by atoms with van der Waals surface area (Å²) in [5.74, 6) is 0.284. The minimum Gasteiger partial charge on any atom is -0.463 e. The number of carbonyl (C=O) groups is 1. The SMILES string of the molecule is Nc1nc2c(sc(=O)n2CCN2CCN(c3ccc(C(=O)N4CCNCC4)cc3F)CC2)c2cc(-c3ccco3)nn12. The smallest absolute Gasteiger partial charge is 0.309 e. The number of nitrogens with two attached hydrogens (primary N) is 1. The van der Waals surface area contributed by atoms with Crippen LogP contribution in [0.15, 0.2) is 51.9 Å². The number of anilines is 2. The summed E-state index contributed by atoms with van der Waals surface area (Å²) >= 11 is 1.12. The summed E-state index contributed by atoms with van der Waals surface area (Å²) in [5, 5.41) is 7.73. The van der Waals surface area contributed by atoms with Gasteiger partial charge in [-0.2, -0.15) is 14.6 Å². The molecule has 0 bridgehead atoms. The van der Waals surface area contributed by atoms with E-state index in [9.17, 15) is 9.59 Å². The van der Waals surface area contributed by atoms with Crippen LogP contribution in [0.2, 0.25) is 0 Å². The standard InChI is InChI=1S/C28H30FN9O3S/c29-19-16-18(26(39)36-7-5-31-6-8-36)3-4-21(19)35-12-9-34(10-13-35)11-14-37-25-24(42-28(37)40)22-17-20(23-2-1-15-41-23)33-38(22)27(30)32-25/h1-4,15-17,31H,5-14H2,(H2,30,32). The number of aromatic nitrogens is 4. The molecule has 2 aliphatic heterocycles. The van der Waals surface area contributed by atoms with E-state index < -0.39 is 0 Å². The Kier molecular flexibility index (Phi) is 6.88. The van der Waals surface area contributed by atoms with E-state index in [1.54, 1.807) is 33.9 Å². The van der Waals surface area contributed by atoms with Gasteiger partial charge in [-0.1, -0.05) is 11.3 Å². The van der Waals surface area contributed by atoms with Gasteiger partial charge in [0.2, 0.25) is 5.95 Å². The zero-order chi connectivity index (χ0) is 28.8. The lowest BCUT2D eigenvalue weighted by Gasteiger charge is -2.36. The third-order valence-electron chi connectivity index (χ3n) is 7.97. The average Bonchev–Trinajstić information content (AvgIpc) is 3.76. The molecule has 5 aromatic rings. The Morgan fingerprint density at radius 1 is 1.07 bits per heavy atom. The number of carbonyl (C=O) groups excluding carboxylic acids is 1. The Morgan fingerprint density at radius 3 is 2.62 bits per heavy atom. The molecule has 0 aliphatic carbocycles. The zero-order valence-electron chi connectivity index (χ0n) is 22.8. The molecule has 0 saturated carbocycles. The summed E-state index contributed by atoms with van der Waals surface area (Å²) in [6.45, 7) is 6.56. The van der Waals surface area contributed by atoms with Gasteiger partial charge in [0.15, 0.2) is 11.4 Å². The molecule has 0 unspecified atom stereocenters. The predicted molar refractivity (Wildman–Crippen MR) is 159 cm³/mol. The van der Waals surface area contributed by atoms with E-state index in [0.717, 1.165) is 29.1 Å². The number of nitrogens with zero attached hydrogens (tertiary/aromatic N) is 7. The molecule has 14 heteroatoms. The Bertz CT molecular complexity index is 1820. The summed E-state index contributed by atoms with van der Waals surface area (Å²) in [4.78, 5) is 36.2. The van der Waals surface area contributed by atoms with Gasteiger partial charge in [-0.25, -0.2) is 4.39 Å². The maximum Gasteiger partial charge on any atom is 0.309 e. The van der Waals surface area contributed by atoms with E-state index in [4.69, 9.17) is 10.2 Å². The van der Waals surface area contributed by atoms with Crippen LogP contribution < -0.4 is 20.8 Å². The lowest BCUT2D eigenvalue weighted by Crippen LogP contribution is -2.48. The molecular weight excluding hydrogens is 561 g/mol. The second kappa shape index (κ2) is 10.9. The van der Waals surface area contributed by atoms with Gasteiger partial charge in [-0.05, 0) is 36.4 Å². The highest BCUT2D eigenvalue weighted by Gasteiger charge is 2.24. The molecule has 218 valence electrons. The molecule has 6 heterocycles. The molecule has 2 fully saturated rings. The van der Waals surface area contributed by atoms with E-state index in [2.05, 4.69) is 20.3 Å². The number of benzene rings is 1. The summed E-state index contributed by atoms with van der Waals surface area (Å²) in [6.07, 6.45) is 1.58. The molecule has 0 radical (unpaired) electrons. The summed E-state index contributed by atoms with van der Waals surface area (Å²) < 4.78 is 24.5. The molecule has 12 nitrogen and oxygen atoms in total. The Hall–Kier alpha value is -4.27. The first-order valence-corrected chi connectivity index (χ1v) is 14.8. The first-order chi connectivity index (χ1) is 20.5. The maximum absolute atomic E-state index is 15.1. The van der Waals surface area contributed by atoms with Crippen LogP contribution in [0.25, 0.3) is 27.3 Å². The Morgan fingerprint density at radius 2 is 1.88 bits per heavy atom. The summed E-state index contributed by atoms with van der Waals surface area (Å²) in [5.41, 5.74) is 8.98. The fourth-order valence-corrected chi connectivity index (χ4v) is 6.65. The number of piperazine rings is 2. The van der Waals surface area contributed by atoms with Gasteiger partial charge in [-0.3, -0.25) is 19.1 Å². The molecule has 4 aromatic heterocycles. The largest absolute Gasteiger partial charge is 0.463 e. The quantitative estimate of drug-likeness (QED) is 0.304. The van der Waals surface area contributed by atoms with Crippen molar-refractivity contribution in [1.29, 1.82) is 0 Å². The number of nitrogen functional groups attached to an aromatic ring is 1. The average molecular weight is 592 g/mol. The topological polar surface area (TPSA) is 130 Å². The van der Waals surface area contributed by atoms with Gasteiger partial charge < -0.3 is 25.3 Å². The van der Waals surface area contributed by atoms with Crippen LogP contribution in [0.3, 0.4) is 0 Å². The number of rotatable bonds is 6. The third-order valence-corrected chi connectivity index (χ3v) is 8.96. The highest BCUT2D eigenvalue weighted by Crippen LogP contribution is 2.28. The molecule has 0 spiro atoms. The van der Waals surface area contributed by atoms with Crippen LogP contribution in [0.5, 0.6) is 0 Å². The second-order valence-corrected chi connectivity index (χ2v) is 11.4. The van der Waals surface area contributed by atoms with Crippen LogP contribution in [0.1, 0.15) is 10.4 Å².